The zero-order valence-electron chi connectivity index (χ0n) is 13.6. The van der Waals surface area contributed by atoms with E-state index in [1.807, 2.05) is 6.07 Å². The maximum Gasteiger partial charge on any atom is 0.247 e. The number of amides is 2. The minimum Gasteiger partial charge on any atom is -0.343 e. The number of carbonyl (C=O) groups is 2. The number of anilines is 1. The molecule has 1 aromatic carbocycles. The lowest BCUT2D eigenvalue weighted by Gasteiger charge is -2.25. The van der Waals surface area contributed by atoms with Gasteiger partial charge >= 0.3 is 0 Å². The fourth-order valence-corrected chi connectivity index (χ4v) is 3.45. The Morgan fingerprint density at radius 3 is 2.32 bits per heavy atom. The van der Waals surface area contributed by atoms with E-state index in [4.69, 9.17) is 0 Å². The van der Waals surface area contributed by atoms with Crippen LogP contribution in [-0.2, 0) is 9.59 Å². The molecule has 1 aliphatic rings. The topological polar surface area (TPSA) is 58.2 Å². The Hall–Kier alpha value is -1.49. The molecular weight excluding hydrogens is 296 g/mol. The largest absolute Gasteiger partial charge is 0.343 e. The Balaban J connectivity index is 2.27. The molecule has 4 nitrogen and oxygen atoms in total. The first-order valence-electron chi connectivity index (χ1n) is 7.71. The third kappa shape index (κ3) is 3.83. The molecule has 0 radical (unpaired) electrons. The number of hydrogen-bond donors (Lipinski definition) is 2. The summed E-state index contributed by atoms with van der Waals surface area (Å²) in [6, 6.07) is 5.70. The van der Waals surface area contributed by atoms with Gasteiger partial charge in [0.15, 0.2) is 0 Å². The van der Waals surface area contributed by atoms with Gasteiger partial charge in [0.2, 0.25) is 11.8 Å². The fraction of sp³-hybridized carbons (Fsp3) is 0.529. The number of carbonyl (C=O) groups excluding carboxylic acids is 2. The maximum absolute atomic E-state index is 12.5. The maximum atomic E-state index is 12.5. The standard InChI is InChI=1S/C17H24N2O2S/c1-10(2)12-6-5-7-13(11(3)4)16(12)19-17(21)14-8-22-9-15(20)18-14/h5-7,10-11,14H,8-9H2,1-4H3,(H,18,20)(H,19,21). The zero-order valence-corrected chi connectivity index (χ0v) is 14.4. The number of rotatable bonds is 4. The lowest BCUT2D eigenvalue weighted by molar-refractivity contribution is -0.124. The molecule has 0 spiro atoms. The summed E-state index contributed by atoms with van der Waals surface area (Å²) < 4.78 is 0. The molecule has 0 saturated carbocycles. The predicted octanol–water partition coefficient (Wildman–Crippen LogP) is 3.10. The van der Waals surface area contributed by atoms with Crippen molar-refractivity contribution in [3.05, 3.63) is 29.3 Å². The van der Waals surface area contributed by atoms with E-state index in [-0.39, 0.29) is 11.8 Å². The summed E-state index contributed by atoms with van der Waals surface area (Å²) in [4.78, 5) is 24.0. The van der Waals surface area contributed by atoms with Gasteiger partial charge in [0.25, 0.3) is 0 Å². The van der Waals surface area contributed by atoms with Crippen LogP contribution >= 0.6 is 11.8 Å². The molecule has 2 amide bonds. The molecule has 1 unspecified atom stereocenters. The summed E-state index contributed by atoms with van der Waals surface area (Å²) in [5.74, 6) is 1.50. The van der Waals surface area contributed by atoms with Crippen LogP contribution in [0.4, 0.5) is 5.69 Å². The number of hydrogen-bond acceptors (Lipinski definition) is 3. The van der Waals surface area contributed by atoms with Gasteiger partial charge in [-0.2, -0.15) is 0 Å². The molecule has 1 atom stereocenters. The number of nitrogens with one attached hydrogen (secondary N) is 2. The van der Waals surface area contributed by atoms with Crippen molar-refractivity contribution < 1.29 is 9.59 Å². The molecule has 1 aromatic rings. The average Bonchev–Trinajstić information content (AvgIpc) is 2.46. The second-order valence-corrected chi connectivity index (χ2v) is 7.28. The smallest absolute Gasteiger partial charge is 0.247 e. The minimum absolute atomic E-state index is 0.0716. The molecule has 0 aliphatic carbocycles. The summed E-state index contributed by atoms with van der Waals surface area (Å²) in [6.45, 7) is 8.47. The van der Waals surface area contributed by atoms with Crippen molar-refractivity contribution in [3.8, 4) is 0 Å². The molecule has 1 saturated heterocycles. The fourth-order valence-electron chi connectivity index (χ4n) is 2.59. The van der Waals surface area contributed by atoms with Crippen molar-refractivity contribution in [2.75, 3.05) is 16.8 Å². The Kier molecular flexibility index (Phi) is 5.51. The van der Waals surface area contributed by atoms with Crippen LogP contribution in [0, 0.1) is 0 Å². The molecule has 2 N–H and O–H groups in total. The van der Waals surface area contributed by atoms with Crippen LogP contribution in [0.15, 0.2) is 18.2 Å². The highest BCUT2D eigenvalue weighted by atomic mass is 32.2. The third-order valence-electron chi connectivity index (χ3n) is 3.79. The summed E-state index contributed by atoms with van der Waals surface area (Å²) in [5, 5.41) is 5.83. The molecule has 22 heavy (non-hydrogen) atoms. The van der Waals surface area contributed by atoms with Crippen LogP contribution < -0.4 is 10.6 Å². The molecule has 1 heterocycles. The quantitative estimate of drug-likeness (QED) is 0.896. The lowest BCUT2D eigenvalue weighted by Crippen LogP contribution is -2.49. The summed E-state index contributed by atoms with van der Waals surface area (Å²) >= 11 is 1.50. The van der Waals surface area contributed by atoms with Crippen LogP contribution in [0.3, 0.4) is 0 Å². The molecule has 1 aliphatic heterocycles. The van der Waals surface area contributed by atoms with E-state index >= 15 is 0 Å². The normalized spacial score (nSPS) is 18.5. The summed E-state index contributed by atoms with van der Waals surface area (Å²) in [6.07, 6.45) is 0. The number of thioether (sulfide) groups is 1. The van der Waals surface area contributed by atoms with E-state index in [9.17, 15) is 9.59 Å². The van der Waals surface area contributed by atoms with E-state index in [1.165, 1.54) is 11.8 Å². The molecule has 5 heteroatoms. The highest BCUT2D eigenvalue weighted by molar-refractivity contribution is 8.00. The Morgan fingerprint density at radius 1 is 1.23 bits per heavy atom. The molecular formula is C17H24N2O2S. The summed E-state index contributed by atoms with van der Waals surface area (Å²) in [5.41, 5.74) is 3.17. The Morgan fingerprint density at radius 2 is 1.82 bits per heavy atom. The van der Waals surface area contributed by atoms with Crippen molar-refractivity contribution in [2.45, 2.75) is 45.6 Å². The van der Waals surface area contributed by atoms with Crippen LogP contribution in [0.2, 0.25) is 0 Å². The average molecular weight is 320 g/mol. The van der Waals surface area contributed by atoms with Gasteiger partial charge in [0.1, 0.15) is 6.04 Å². The van der Waals surface area contributed by atoms with Gasteiger partial charge in [-0.15, -0.1) is 11.8 Å². The zero-order chi connectivity index (χ0) is 16.3. The monoisotopic (exact) mass is 320 g/mol. The first kappa shape index (κ1) is 16.9. The lowest BCUT2D eigenvalue weighted by atomic mass is 9.92. The highest BCUT2D eigenvalue weighted by Gasteiger charge is 2.26. The second kappa shape index (κ2) is 7.18. The Labute approximate surface area is 136 Å². The van der Waals surface area contributed by atoms with Crippen LogP contribution in [0.5, 0.6) is 0 Å². The molecule has 1 fully saturated rings. The SMILES string of the molecule is CC(C)c1cccc(C(C)C)c1NC(=O)C1CSCC(=O)N1. The van der Waals surface area contributed by atoms with E-state index < -0.39 is 6.04 Å². The van der Waals surface area contributed by atoms with Crippen molar-refractivity contribution in [2.24, 2.45) is 0 Å². The van der Waals surface area contributed by atoms with Gasteiger partial charge in [-0.25, -0.2) is 0 Å². The van der Waals surface area contributed by atoms with E-state index in [2.05, 4.69) is 50.5 Å². The van der Waals surface area contributed by atoms with E-state index in [1.54, 1.807) is 0 Å². The third-order valence-corrected chi connectivity index (χ3v) is 4.83. The molecule has 120 valence electrons. The van der Waals surface area contributed by atoms with Gasteiger partial charge in [-0.3, -0.25) is 9.59 Å². The van der Waals surface area contributed by atoms with Crippen molar-refractivity contribution in [1.82, 2.24) is 5.32 Å². The predicted molar refractivity (Wildman–Crippen MR) is 92.5 cm³/mol. The van der Waals surface area contributed by atoms with Gasteiger partial charge < -0.3 is 10.6 Å². The second-order valence-electron chi connectivity index (χ2n) is 6.25. The van der Waals surface area contributed by atoms with Crippen molar-refractivity contribution in [1.29, 1.82) is 0 Å². The molecule has 2 rings (SSSR count). The van der Waals surface area contributed by atoms with Crippen LogP contribution in [-0.4, -0.2) is 29.4 Å². The van der Waals surface area contributed by atoms with Crippen molar-refractivity contribution >= 4 is 29.3 Å². The number of benzene rings is 1. The first-order valence-corrected chi connectivity index (χ1v) is 8.86. The minimum atomic E-state index is -0.452. The van der Waals surface area contributed by atoms with E-state index in [0.717, 1.165) is 16.8 Å². The highest BCUT2D eigenvalue weighted by Crippen LogP contribution is 2.32. The number of para-hydroxylation sites is 1. The summed E-state index contributed by atoms with van der Waals surface area (Å²) in [7, 11) is 0. The van der Waals surface area contributed by atoms with Gasteiger partial charge in [-0.05, 0) is 23.0 Å². The van der Waals surface area contributed by atoms with Crippen molar-refractivity contribution in [3.63, 3.8) is 0 Å². The van der Waals surface area contributed by atoms with Crippen LogP contribution in [0.1, 0.15) is 50.7 Å². The van der Waals surface area contributed by atoms with Crippen LogP contribution in [0.25, 0.3) is 0 Å². The van der Waals surface area contributed by atoms with E-state index in [0.29, 0.717) is 23.3 Å². The van der Waals surface area contributed by atoms with Gasteiger partial charge in [-0.1, -0.05) is 45.9 Å². The molecule has 0 bridgehead atoms. The molecule has 0 aromatic heterocycles. The first-order chi connectivity index (χ1) is 10.4. The van der Waals surface area contributed by atoms with Gasteiger partial charge in [0.05, 0.1) is 5.75 Å². The van der Waals surface area contributed by atoms with Gasteiger partial charge in [0, 0.05) is 11.4 Å². The Bertz CT molecular complexity index is 544.